The Hall–Kier alpha value is -1.24. The molecular weight excluding hydrogens is 372 g/mol. The van der Waals surface area contributed by atoms with Gasteiger partial charge in [-0.15, -0.1) is 11.3 Å². The average molecular weight is 403 g/mol. The summed E-state index contributed by atoms with van der Waals surface area (Å²) in [7, 11) is 1.89. The molecule has 2 bridgehead atoms. The summed E-state index contributed by atoms with van der Waals surface area (Å²) in [4.78, 5) is 19.5. The van der Waals surface area contributed by atoms with E-state index in [1.165, 1.54) is 4.88 Å². The summed E-state index contributed by atoms with van der Waals surface area (Å²) in [5.74, 6) is -0.108. The van der Waals surface area contributed by atoms with Crippen LogP contribution in [0.1, 0.15) is 50.6 Å². The standard InChI is InChI=1S/C22H30N2O3S/c1-10-11-6-7-13-21(4)9-12-16(24-19(23-5)28-12)20(2,3)14(21)8-15(25)22(13,17(10)26)18(11)27/h11,13-15,18,25,27H,1,6-9H2,2-5H3,(H,23,24). The second-order valence-corrected chi connectivity index (χ2v) is 11.3. The molecule has 0 saturated heterocycles. The van der Waals surface area contributed by atoms with Gasteiger partial charge in [-0.25, -0.2) is 4.98 Å². The monoisotopic (exact) mass is 402 g/mol. The van der Waals surface area contributed by atoms with Gasteiger partial charge in [0, 0.05) is 23.3 Å². The highest BCUT2D eigenvalue weighted by Crippen LogP contribution is 2.70. The Balaban J connectivity index is 1.70. The number of ketones is 1. The fourth-order valence-corrected chi connectivity index (χ4v) is 8.99. The van der Waals surface area contributed by atoms with Crippen LogP contribution >= 0.6 is 11.3 Å². The molecule has 5 rings (SSSR count). The van der Waals surface area contributed by atoms with Crippen molar-refractivity contribution in [3.63, 3.8) is 0 Å². The smallest absolute Gasteiger partial charge is 0.182 e. The predicted octanol–water partition coefficient (Wildman–Crippen LogP) is 2.92. The summed E-state index contributed by atoms with van der Waals surface area (Å²) >= 11 is 1.70. The van der Waals surface area contributed by atoms with Crippen LogP contribution in [0.3, 0.4) is 0 Å². The number of Topliss-reactive ketones (excluding diaryl/α,β-unsaturated/α-hetero) is 1. The van der Waals surface area contributed by atoms with Gasteiger partial charge in [0.1, 0.15) is 0 Å². The van der Waals surface area contributed by atoms with Crippen LogP contribution in [0.4, 0.5) is 5.13 Å². The third kappa shape index (κ3) is 1.86. The molecule has 3 fully saturated rings. The van der Waals surface area contributed by atoms with Crippen LogP contribution in [-0.2, 0) is 16.6 Å². The molecule has 1 aromatic rings. The van der Waals surface area contributed by atoms with E-state index in [1.807, 2.05) is 7.05 Å². The molecule has 4 aliphatic carbocycles. The molecule has 1 aromatic heterocycles. The lowest BCUT2D eigenvalue weighted by atomic mass is 9.40. The molecule has 0 aromatic carbocycles. The van der Waals surface area contributed by atoms with Gasteiger partial charge in [0.25, 0.3) is 0 Å². The molecule has 3 N–H and O–H groups in total. The van der Waals surface area contributed by atoms with Crippen molar-refractivity contribution in [2.75, 3.05) is 12.4 Å². The summed E-state index contributed by atoms with van der Waals surface area (Å²) in [6.45, 7) is 10.8. The second-order valence-electron chi connectivity index (χ2n) is 10.2. The number of aliphatic hydroxyl groups is 2. The van der Waals surface area contributed by atoms with Crippen molar-refractivity contribution in [1.29, 1.82) is 0 Å². The minimum Gasteiger partial charge on any atom is -0.392 e. The van der Waals surface area contributed by atoms with Gasteiger partial charge in [0.05, 0.1) is 23.3 Å². The summed E-state index contributed by atoms with van der Waals surface area (Å²) in [5.41, 5.74) is 0.220. The molecular formula is C22H30N2O3S. The maximum absolute atomic E-state index is 13.4. The van der Waals surface area contributed by atoms with E-state index >= 15 is 0 Å². The van der Waals surface area contributed by atoms with Crippen LogP contribution in [-0.4, -0.2) is 40.2 Å². The van der Waals surface area contributed by atoms with E-state index in [0.717, 1.165) is 30.1 Å². The van der Waals surface area contributed by atoms with Crippen molar-refractivity contribution in [1.82, 2.24) is 4.98 Å². The first-order valence-corrected chi connectivity index (χ1v) is 11.2. The molecule has 152 valence electrons. The van der Waals surface area contributed by atoms with Gasteiger partial charge in [-0.3, -0.25) is 4.79 Å². The first kappa shape index (κ1) is 18.8. The minimum absolute atomic E-state index is 0.0423. The maximum atomic E-state index is 13.4. The lowest BCUT2D eigenvalue weighted by molar-refractivity contribution is -0.212. The Labute approximate surface area is 170 Å². The molecule has 6 heteroatoms. The highest BCUT2D eigenvalue weighted by atomic mass is 32.1. The van der Waals surface area contributed by atoms with E-state index in [4.69, 9.17) is 4.98 Å². The Bertz CT molecular complexity index is 892. The van der Waals surface area contributed by atoms with Gasteiger partial charge >= 0.3 is 0 Å². The largest absolute Gasteiger partial charge is 0.392 e. The van der Waals surface area contributed by atoms with E-state index in [1.54, 1.807) is 11.3 Å². The molecule has 0 amide bonds. The quantitative estimate of drug-likeness (QED) is 0.629. The Morgan fingerprint density at radius 2 is 1.93 bits per heavy atom. The van der Waals surface area contributed by atoms with Crippen LogP contribution in [0, 0.1) is 28.6 Å². The van der Waals surface area contributed by atoms with Gasteiger partial charge in [-0.1, -0.05) is 27.4 Å². The van der Waals surface area contributed by atoms with Crippen molar-refractivity contribution in [2.24, 2.45) is 28.6 Å². The number of aliphatic hydroxyl groups excluding tert-OH is 2. The number of aromatic nitrogens is 1. The van der Waals surface area contributed by atoms with E-state index in [2.05, 4.69) is 32.7 Å². The molecule has 7 atom stereocenters. The van der Waals surface area contributed by atoms with Crippen molar-refractivity contribution in [2.45, 2.75) is 64.1 Å². The number of thiazole rings is 1. The van der Waals surface area contributed by atoms with E-state index in [-0.39, 0.29) is 34.4 Å². The summed E-state index contributed by atoms with van der Waals surface area (Å²) in [5, 5.41) is 26.7. The first-order chi connectivity index (χ1) is 13.1. The SMILES string of the molecule is C=C1C(=O)C23C(O)CC4C(C)(C)c5nc(NC)sc5CC4(C)C2CCC1C3O. The Morgan fingerprint density at radius 3 is 2.61 bits per heavy atom. The topological polar surface area (TPSA) is 82.5 Å². The van der Waals surface area contributed by atoms with Crippen molar-refractivity contribution in [3.05, 3.63) is 22.7 Å². The third-order valence-corrected chi connectivity index (χ3v) is 9.96. The van der Waals surface area contributed by atoms with Crippen LogP contribution in [0.2, 0.25) is 0 Å². The fourth-order valence-electron chi connectivity index (χ4n) is 7.73. The van der Waals surface area contributed by atoms with Crippen LogP contribution < -0.4 is 5.32 Å². The number of rotatable bonds is 1. The molecule has 1 heterocycles. The second kappa shape index (κ2) is 5.46. The number of anilines is 1. The van der Waals surface area contributed by atoms with Crippen LogP contribution in [0.25, 0.3) is 0 Å². The van der Waals surface area contributed by atoms with Gasteiger partial charge < -0.3 is 15.5 Å². The number of carbonyl (C=O) groups excluding carboxylic acids is 1. The fraction of sp³-hybridized carbons (Fsp3) is 0.727. The Kier molecular flexibility index (Phi) is 3.66. The van der Waals surface area contributed by atoms with Crippen molar-refractivity contribution < 1.29 is 15.0 Å². The van der Waals surface area contributed by atoms with Crippen molar-refractivity contribution in [3.8, 4) is 0 Å². The first-order valence-electron chi connectivity index (χ1n) is 10.4. The number of carbonyl (C=O) groups is 1. The van der Waals surface area contributed by atoms with Crippen LogP contribution in [0.5, 0.6) is 0 Å². The number of nitrogens with one attached hydrogen (secondary N) is 1. The number of hydrogen-bond donors (Lipinski definition) is 3. The molecule has 3 saturated carbocycles. The average Bonchev–Trinajstić information content (AvgIpc) is 3.09. The van der Waals surface area contributed by atoms with E-state index in [9.17, 15) is 15.0 Å². The maximum Gasteiger partial charge on any atom is 0.182 e. The van der Waals surface area contributed by atoms with E-state index < -0.39 is 17.6 Å². The van der Waals surface area contributed by atoms with Gasteiger partial charge in [0.15, 0.2) is 10.9 Å². The number of nitrogens with zero attached hydrogens (tertiary/aromatic N) is 1. The predicted molar refractivity (Wildman–Crippen MR) is 109 cm³/mol. The van der Waals surface area contributed by atoms with Crippen molar-refractivity contribution >= 4 is 22.3 Å². The molecule has 5 nitrogen and oxygen atoms in total. The zero-order valence-corrected chi connectivity index (χ0v) is 17.9. The van der Waals surface area contributed by atoms with Gasteiger partial charge in [-0.2, -0.15) is 0 Å². The number of hydrogen-bond acceptors (Lipinski definition) is 6. The zero-order chi connectivity index (χ0) is 20.2. The minimum atomic E-state index is -1.07. The molecule has 28 heavy (non-hydrogen) atoms. The van der Waals surface area contributed by atoms with Crippen LogP contribution in [0.15, 0.2) is 12.2 Å². The molecule has 1 spiro atoms. The molecule has 4 aliphatic rings. The van der Waals surface area contributed by atoms with Gasteiger partial charge in [0.2, 0.25) is 0 Å². The zero-order valence-electron chi connectivity index (χ0n) is 17.1. The number of fused-ring (bicyclic) bond motifs is 4. The highest BCUT2D eigenvalue weighted by Gasteiger charge is 2.74. The third-order valence-electron chi connectivity index (χ3n) is 8.88. The lowest BCUT2D eigenvalue weighted by Crippen LogP contribution is -2.68. The van der Waals surface area contributed by atoms with Gasteiger partial charge in [-0.05, 0) is 48.5 Å². The lowest BCUT2D eigenvalue weighted by Gasteiger charge is -2.64. The molecule has 0 aliphatic heterocycles. The van der Waals surface area contributed by atoms with E-state index in [0.29, 0.717) is 12.0 Å². The Morgan fingerprint density at radius 1 is 1.21 bits per heavy atom. The highest BCUT2D eigenvalue weighted by molar-refractivity contribution is 7.15. The molecule has 7 unspecified atom stereocenters. The summed E-state index contributed by atoms with van der Waals surface area (Å²) in [6.07, 6.45) is 1.38. The summed E-state index contributed by atoms with van der Waals surface area (Å²) < 4.78 is 0. The normalized spacial score (nSPS) is 46.0. The molecule has 0 radical (unpaired) electrons. The summed E-state index contributed by atoms with van der Waals surface area (Å²) in [6, 6.07) is 0.